The summed E-state index contributed by atoms with van der Waals surface area (Å²) in [5.74, 6) is -2.76. The molecule has 2 atom stereocenters. The summed E-state index contributed by atoms with van der Waals surface area (Å²) in [7, 11) is 1.81. The van der Waals surface area contributed by atoms with Gasteiger partial charge in [0, 0.05) is 51.2 Å². The Labute approximate surface area is 156 Å². The number of carboxylic acids is 1. The van der Waals surface area contributed by atoms with Gasteiger partial charge in [-0.1, -0.05) is 6.07 Å². The first-order chi connectivity index (χ1) is 12.8. The van der Waals surface area contributed by atoms with Gasteiger partial charge in [-0.15, -0.1) is 0 Å². The van der Waals surface area contributed by atoms with E-state index in [1.165, 1.54) is 12.0 Å². The number of carboxylic acid groups (broad SMARTS) is 1. The SMILES string of the molecule is COCC12CCCOC1CCN(Cc1cccnc1)C2.O=C(O)C(F)(F)F. The van der Waals surface area contributed by atoms with Crippen LogP contribution in [-0.4, -0.2) is 66.7 Å². The van der Waals surface area contributed by atoms with Crippen molar-refractivity contribution >= 4 is 5.97 Å². The number of piperidine rings is 1. The van der Waals surface area contributed by atoms with Crippen molar-refractivity contribution in [3.8, 4) is 0 Å². The number of carbonyl (C=O) groups is 1. The van der Waals surface area contributed by atoms with Gasteiger partial charge < -0.3 is 14.6 Å². The highest BCUT2D eigenvalue weighted by Crippen LogP contribution is 2.40. The lowest BCUT2D eigenvalue weighted by atomic mass is 9.73. The minimum atomic E-state index is -5.08. The Hall–Kier alpha value is -1.71. The van der Waals surface area contributed by atoms with E-state index in [0.29, 0.717) is 6.10 Å². The number of halogens is 3. The van der Waals surface area contributed by atoms with Crippen molar-refractivity contribution in [2.75, 3.05) is 33.4 Å². The number of hydrogen-bond acceptors (Lipinski definition) is 5. The van der Waals surface area contributed by atoms with Crippen LogP contribution in [0, 0.1) is 5.41 Å². The van der Waals surface area contributed by atoms with Crippen LogP contribution in [0.3, 0.4) is 0 Å². The number of likely N-dealkylation sites (tertiary alicyclic amines) is 1. The Balaban J connectivity index is 0.000000321. The lowest BCUT2D eigenvalue weighted by molar-refractivity contribution is -0.192. The number of nitrogens with zero attached hydrogens (tertiary/aromatic N) is 2. The van der Waals surface area contributed by atoms with E-state index >= 15 is 0 Å². The van der Waals surface area contributed by atoms with Gasteiger partial charge in [-0.25, -0.2) is 4.79 Å². The summed E-state index contributed by atoms with van der Waals surface area (Å²) in [6.07, 6.45) is 2.57. The Bertz CT molecular complexity index is 596. The lowest BCUT2D eigenvalue weighted by Gasteiger charge is -2.50. The number of alkyl halides is 3. The van der Waals surface area contributed by atoms with Crippen molar-refractivity contribution in [2.45, 2.75) is 38.1 Å². The fourth-order valence-electron chi connectivity index (χ4n) is 3.77. The molecular formula is C18H25F3N2O4. The van der Waals surface area contributed by atoms with Gasteiger partial charge >= 0.3 is 12.1 Å². The monoisotopic (exact) mass is 390 g/mol. The fourth-order valence-corrected chi connectivity index (χ4v) is 3.77. The summed E-state index contributed by atoms with van der Waals surface area (Å²) in [5.41, 5.74) is 1.48. The molecule has 0 aliphatic carbocycles. The second-order valence-electron chi connectivity index (χ2n) is 6.92. The van der Waals surface area contributed by atoms with E-state index < -0.39 is 12.1 Å². The zero-order valence-electron chi connectivity index (χ0n) is 15.2. The van der Waals surface area contributed by atoms with Crippen LogP contribution < -0.4 is 0 Å². The first-order valence-corrected chi connectivity index (χ1v) is 8.79. The highest BCUT2D eigenvalue weighted by molar-refractivity contribution is 5.73. The number of methoxy groups -OCH3 is 1. The molecule has 3 rings (SSSR count). The van der Waals surface area contributed by atoms with E-state index in [4.69, 9.17) is 19.4 Å². The van der Waals surface area contributed by atoms with E-state index in [9.17, 15) is 13.2 Å². The molecule has 152 valence electrons. The third-order valence-corrected chi connectivity index (χ3v) is 4.87. The first kappa shape index (κ1) is 21.6. The van der Waals surface area contributed by atoms with Crippen LogP contribution in [0.15, 0.2) is 24.5 Å². The molecule has 9 heteroatoms. The minimum absolute atomic E-state index is 0.188. The summed E-state index contributed by atoms with van der Waals surface area (Å²) in [6, 6.07) is 4.16. The first-order valence-electron chi connectivity index (χ1n) is 8.79. The molecule has 0 saturated carbocycles. The molecule has 27 heavy (non-hydrogen) atoms. The maximum absolute atomic E-state index is 10.6. The topological polar surface area (TPSA) is 71.9 Å². The Kier molecular flexibility index (Phi) is 7.58. The van der Waals surface area contributed by atoms with Crippen molar-refractivity contribution < 1.29 is 32.5 Å². The van der Waals surface area contributed by atoms with Crippen molar-refractivity contribution in [1.82, 2.24) is 9.88 Å². The maximum Gasteiger partial charge on any atom is 0.490 e. The van der Waals surface area contributed by atoms with Crippen molar-refractivity contribution in [3.05, 3.63) is 30.1 Å². The predicted octanol–water partition coefficient (Wildman–Crippen LogP) is 2.73. The largest absolute Gasteiger partial charge is 0.490 e. The van der Waals surface area contributed by atoms with Crippen LogP contribution in [0.2, 0.25) is 0 Å². The van der Waals surface area contributed by atoms with Gasteiger partial charge in [-0.2, -0.15) is 13.2 Å². The van der Waals surface area contributed by atoms with Gasteiger partial charge in [-0.3, -0.25) is 9.88 Å². The lowest BCUT2D eigenvalue weighted by Crippen LogP contribution is -2.56. The summed E-state index contributed by atoms with van der Waals surface area (Å²) in [6.45, 7) is 4.87. The molecule has 1 N–H and O–H groups in total. The van der Waals surface area contributed by atoms with E-state index in [1.807, 2.05) is 18.5 Å². The molecule has 0 spiro atoms. The standard InChI is InChI=1S/C16H24N2O2.C2HF3O2/c1-19-13-16-6-3-9-20-15(16)5-8-18(12-16)11-14-4-2-7-17-10-14;3-2(4,5)1(6)7/h2,4,7,10,15H,3,5-6,8-9,11-13H2,1H3;(H,6,7). The van der Waals surface area contributed by atoms with E-state index in [2.05, 4.69) is 16.0 Å². The van der Waals surface area contributed by atoms with Crippen LogP contribution >= 0.6 is 0 Å². The van der Waals surface area contributed by atoms with Gasteiger partial charge in [0.15, 0.2) is 0 Å². The number of rotatable bonds is 4. The normalized spacial score (nSPS) is 25.9. The van der Waals surface area contributed by atoms with Gasteiger partial charge in [0.1, 0.15) is 0 Å². The molecule has 2 aliphatic rings. The Morgan fingerprint density at radius 2 is 2.26 bits per heavy atom. The quantitative estimate of drug-likeness (QED) is 0.853. The molecule has 2 aliphatic heterocycles. The number of aliphatic carboxylic acids is 1. The highest BCUT2D eigenvalue weighted by Gasteiger charge is 2.45. The summed E-state index contributed by atoms with van der Waals surface area (Å²) < 4.78 is 43.3. The molecule has 1 aromatic heterocycles. The molecule has 0 radical (unpaired) electrons. The predicted molar refractivity (Wildman–Crippen MR) is 91.1 cm³/mol. The van der Waals surface area contributed by atoms with Crippen LogP contribution in [0.25, 0.3) is 0 Å². The molecular weight excluding hydrogens is 365 g/mol. The van der Waals surface area contributed by atoms with Crippen LogP contribution in [0.1, 0.15) is 24.8 Å². The van der Waals surface area contributed by atoms with Gasteiger partial charge in [0.25, 0.3) is 0 Å². The second-order valence-corrected chi connectivity index (χ2v) is 6.92. The number of hydrogen-bond donors (Lipinski definition) is 1. The molecule has 1 aromatic rings. The number of fused-ring (bicyclic) bond motifs is 1. The fraction of sp³-hybridized carbons (Fsp3) is 0.667. The molecule has 6 nitrogen and oxygen atoms in total. The van der Waals surface area contributed by atoms with E-state index in [-0.39, 0.29) is 5.41 Å². The molecule has 2 saturated heterocycles. The molecule has 0 aromatic carbocycles. The van der Waals surface area contributed by atoms with Crippen molar-refractivity contribution in [2.24, 2.45) is 5.41 Å². The highest BCUT2D eigenvalue weighted by atomic mass is 19.4. The average molecular weight is 390 g/mol. The van der Waals surface area contributed by atoms with Crippen LogP contribution in [0.4, 0.5) is 13.2 Å². The second kappa shape index (κ2) is 9.48. The van der Waals surface area contributed by atoms with Crippen molar-refractivity contribution in [1.29, 1.82) is 0 Å². The third kappa shape index (κ3) is 6.15. The van der Waals surface area contributed by atoms with Gasteiger partial charge in [0.05, 0.1) is 12.7 Å². The molecule has 3 heterocycles. The number of ether oxygens (including phenoxy) is 2. The van der Waals surface area contributed by atoms with Gasteiger partial charge in [0.2, 0.25) is 0 Å². The average Bonchev–Trinajstić information content (AvgIpc) is 2.62. The van der Waals surface area contributed by atoms with Crippen LogP contribution in [-0.2, 0) is 20.8 Å². The van der Waals surface area contributed by atoms with Gasteiger partial charge in [-0.05, 0) is 30.9 Å². The van der Waals surface area contributed by atoms with E-state index in [1.54, 1.807) is 7.11 Å². The minimum Gasteiger partial charge on any atom is -0.475 e. The summed E-state index contributed by atoms with van der Waals surface area (Å²) in [4.78, 5) is 15.6. The Morgan fingerprint density at radius 3 is 2.85 bits per heavy atom. The van der Waals surface area contributed by atoms with E-state index in [0.717, 1.165) is 45.7 Å². The maximum atomic E-state index is 10.6. The zero-order valence-corrected chi connectivity index (χ0v) is 15.2. The van der Waals surface area contributed by atoms with Crippen molar-refractivity contribution in [3.63, 3.8) is 0 Å². The summed E-state index contributed by atoms with van der Waals surface area (Å²) in [5, 5.41) is 7.12. The zero-order chi connectivity index (χ0) is 19.9. The molecule has 0 bridgehead atoms. The third-order valence-electron chi connectivity index (χ3n) is 4.87. The Morgan fingerprint density at radius 1 is 1.52 bits per heavy atom. The molecule has 2 fully saturated rings. The summed E-state index contributed by atoms with van der Waals surface area (Å²) >= 11 is 0. The molecule has 2 unspecified atom stereocenters. The molecule has 0 amide bonds. The number of aromatic nitrogens is 1. The smallest absolute Gasteiger partial charge is 0.475 e. The number of pyridine rings is 1. The van der Waals surface area contributed by atoms with Crippen LogP contribution in [0.5, 0.6) is 0 Å².